The van der Waals surface area contributed by atoms with Crippen LogP contribution >= 0.6 is 22.7 Å². The zero-order valence-electron chi connectivity index (χ0n) is 12.6. The van der Waals surface area contributed by atoms with Crippen LogP contribution in [0.3, 0.4) is 0 Å². The lowest BCUT2D eigenvalue weighted by molar-refractivity contribution is 0.0696. The number of hydrogen-bond acceptors (Lipinski definition) is 6. The molecule has 2 aromatic heterocycles. The van der Waals surface area contributed by atoms with E-state index in [9.17, 15) is 9.90 Å². The summed E-state index contributed by atoms with van der Waals surface area (Å²) in [5, 5.41) is 12.5. The molecule has 118 valence electrons. The van der Waals surface area contributed by atoms with Crippen molar-refractivity contribution in [3.8, 4) is 10.6 Å². The Balaban J connectivity index is 2.08. The van der Waals surface area contributed by atoms with Crippen LogP contribution in [0.4, 0.5) is 0 Å². The number of hydrogen-bond donors (Lipinski definition) is 3. The molecule has 0 aliphatic heterocycles. The number of nitrogens with two attached hydrogens (primary N) is 1. The first-order valence-corrected chi connectivity index (χ1v) is 8.87. The van der Waals surface area contributed by atoms with E-state index in [1.165, 1.54) is 16.2 Å². The summed E-state index contributed by atoms with van der Waals surface area (Å²) in [6.07, 6.45) is 2.87. The van der Waals surface area contributed by atoms with Crippen molar-refractivity contribution < 1.29 is 9.90 Å². The molecule has 5 nitrogen and oxygen atoms in total. The second-order valence-electron chi connectivity index (χ2n) is 6.36. The van der Waals surface area contributed by atoms with Crippen molar-refractivity contribution in [3.63, 3.8) is 0 Å². The predicted octanol–water partition coefficient (Wildman–Crippen LogP) is 3.05. The maximum atomic E-state index is 11.8. The highest BCUT2D eigenvalue weighted by Gasteiger charge is 2.33. The number of carboxylic acids is 1. The van der Waals surface area contributed by atoms with Gasteiger partial charge in [0, 0.05) is 10.3 Å². The summed E-state index contributed by atoms with van der Waals surface area (Å²) < 4.78 is 0. The number of aromatic nitrogens is 1. The van der Waals surface area contributed by atoms with Gasteiger partial charge in [0.1, 0.15) is 5.01 Å². The fourth-order valence-electron chi connectivity index (χ4n) is 2.91. The molecule has 3 rings (SSSR count). The van der Waals surface area contributed by atoms with Crippen molar-refractivity contribution in [3.05, 3.63) is 26.4 Å². The Morgan fingerprint density at radius 2 is 2.32 bits per heavy atom. The summed E-state index contributed by atoms with van der Waals surface area (Å²) in [5.74, 6) is 4.47. The second kappa shape index (κ2) is 5.73. The molecule has 7 heteroatoms. The predicted molar refractivity (Wildman–Crippen MR) is 89.2 cm³/mol. The lowest BCUT2D eigenvalue weighted by Gasteiger charge is -2.29. The van der Waals surface area contributed by atoms with Crippen LogP contribution in [-0.4, -0.2) is 16.1 Å². The molecule has 0 saturated carbocycles. The molecule has 1 aliphatic rings. The Hall–Kier alpha value is -1.28. The van der Waals surface area contributed by atoms with Crippen molar-refractivity contribution in [2.45, 2.75) is 39.7 Å². The number of nitrogens with one attached hydrogen (secondary N) is 1. The molecule has 0 saturated heterocycles. The van der Waals surface area contributed by atoms with Gasteiger partial charge in [-0.1, -0.05) is 13.8 Å². The molecule has 0 spiro atoms. The number of aromatic carboxylic acids is 1. The molecule has 22 heavy (non-hydrogen) atoms. The molecule has 0 radical (unpaired) electrons. The summed E-state index contributed by atoms with van der Waals surface area (Å²) in [4.78, 5) is 18.3. The average Bonchev–Trinajstić information content (AvgIpc) is 3.01. The fraction of sp³-hybridized carbons (Fsp3) is 0.467. The first kappa shape index (κ1) is 15.6. The van der Waals surface area contributed by atoms with Crippen LogP contribution < -0.4 is 11.3 Å². The van der Waals surface area contributed by atoms with Gasteiger partial charge in [0.05, 0.1) is 22.7 Å². The van der Waals surface area contributed by atoms with Gasteiger partial charge >= 0.3 is 5.97 Å². The SMILES string of the molecule is CC1(C)CCc2sc(-c3csc(CNN)n3)c(C(=O)O)c2C1. The van der Waals surface area contributed by atoms with Gasteiger partial charge < -0.3 is 5.11 Å². The highest BCUT2D eigenvalue weighted by Crippen LogP contribution is 2.45. The minimum atomic E-state index is -0.850. The lowest BCUT2D eigenvalue weighted by Crippen LogP contribution is -2.22. The van der Waals surface area contributed by atoms with E-state index in [1.54, 1.807) is 11.3 Å². The molecule has 0 fully saturated rings. The second-order valence-corrected chi connectivity index (χ2v) is 8.41. The molecule has 0 amide bonds. The van der Waals surface area contributed by atoms with E-state index in [0.717, 1.165) is 40.4 Å². The fourth-order valence-corrected chi connectivity index (χ4v) is 4.99. The molecular formula is C15H19N3O2S2. The molecule has 1 aliphatic carbocycles. The van der Waals surface area contributed by atoms with Gasteiger partial charge in [-0.2, -0.15) is 0 Å². The summed E-state index contributed by atoms with van der Waals surface area (Å²) in [7, 11) is 0. The van der Waals surface area contributed by atoms with Gasteiger partial charge in [0.25, 0.3) is 0 Å². The van der Waals surface area contributed by atoms with Crippen molar-refractivity contribution in [1.29, 1.82) is 0 Å². The lowest BCUT2D eigenvalue weighted by atomic mass is 9.76. The normalized spacial score (nSPS) is 16.5. The van der Waals surface area contributed by atoms with Crippen LogP contribution in [0, 0.1) is 5.41 Å². The van der Waals surface area contributed by atoms with Gasteiger partial charge in [-0.25, -0.2) is 9.78 Å². The number of fused-ring (bicyclic) bond motifs is 1. The van der Waals surface area contributed by atoms with Crippen molar-refractivity contribution in [2.24, 2.45) is 11.3 Å². The van der Waals surface area contributed by atoms with Crippen molar-refractivity contribution in [2.75, 3.05) is 0 Å². The Bertz CT molecular complexity index is 718. The van der Waals surface area contributed by atoms with E-state index in [4.69, 9.17) is 5.84 Å². The van der Waals surface area contributed by atoms with Gasteiger partial charge in [0.15, 0.2) is 0 Å². The molecule has 2 aromatic rings. The van der Waals surface area contributed by atoms with Crippen LogP contribution in [0.15, 0.2) is 5.38 Å². The minimum Gasteiger partial charge on any atom is -0.478 e. The molecule has 0 aromatic carbocycles. The van der Waals surface area contributed by atoms with E-state index in [0.29, 0.717) is 12.1 Å². The number of nitrogens with zero attached hydrogens (tertiary/aromatic N) is 1. The monoisotopic (exact) mass is 337 g/mol. The van der Waals surface area contributed by atoms with Crippen molar-refractivity contribution in [1.82, 2.24) is 10.4 Å². The number of carbonyl (C=O) groups is 1. The van der Waals surface area contributed by atoms with E-state index in [-0.39, 0.29) is 5.41 Å². The number of thiophene rings is 1. The van der Waals surface area contributed by atoms with Crippen LogP contribution in [0.1, 0.15) is 46.1 Å². The molecule has 4 N–H and O–H groups in total. The number of hydrazine groups is 1. The quantitative estimate of drug-likeness (QED) is 0.589. The Morgan fingerprint density at radius 3 is 3.00 bits per heavy atom. The van der Waals surface area contributed by atoms with E-state index in [2.05, 4.69) is 24.3 Å². The van der Waals surface area contributed by atoms with Crippen LogP contribution in [0.25, 0.3) is 10.6 Å². The Kier molecular flexibility index (Phi) is 4.07. The summed E-state index contributed by atoms with van der Waals surface area (Å²) in [5.41, 5.74) is 4.95. The van der Waals surface area contributed by atoms with Crippen LogP contribution in [-0.2, 0) is 19.4 Å². The Labute approximate surface area is 137 Å². The highest BCUT2D eigenvalue weighted by atomic mass is 32.1. The van der Waals surface area contributed by atoms with Gasteiger partial charge in [-0.3, -0.25) is 11.3 Å². The maximum Gasteiger partial charge on any atom is 0.337 e. The number of aryl methyl sites for hydroxylation is 1. The smallest absolute Gasteiger partial charge is 0.337 e. The number of carboxylic acid groups (broad SMARTS) is 1. The molecule has 0 atom stereocenters. The summed E-state index contributed by atoms with van der Waals surface area (Å²) in [6.45, 7) is 4.89. The van der Waals surface area contributed by atoms with E-state index >= 15 is 0 Å². The standard InChI is InChI=1S/C15H19N3O2S2/c1-15(2)4-3-10-8(5-15)12(14(19)20)13(22-10)9-7-21-11(18-9)6-17-16/h7,17H,3-6,16H2,1-2H3,(H,19,20). The first-order valence-electron chi connectivity index (χ1n) is 7.17. The van der Waals surface area contributed by atoms with Gasteiger partial charge in [0.2, 0.25) is 0 Å². The van der Waals surface area contributed by atoms with Crippen molar-refractivity contribution >= 4 is 28.6 Å². The van der Waals surface area contributed by atoms with E-state index < -0.39 is 5.97 Å². The third-order valence-corrected chi connectivity index (χ3v) is 6.19. The number of thiazole rings is 1. The summed E-state index contributed by atoms with van der Waals surface area (Å²) >= 11 is 3.08. The third kappa shape index (κ3) is 2.81. The topological polar surface area (TPSA) is 88.2 Å². The molecular weight excluding hydrogens is 318 g/mol. The zero-order valence-corrected chi connectivity index (χ0v) is 14.2. The Morgan fingerprint density at radius 1 is 1.55 bits per heavy atom. The zero-order chi connectivity index (χ0) is 15.9. The number of rotatable bonds is 4. The largest absolute Gasteiger partial charge is 0.478 e. The molecule has 0 unspecified atom stereocenters. The maximum absolute atomic E-state index is 11.8. The summed E-state index contributed by atoms with van der Waals surface area (Å²) in [6, 6.07) is 0. The third-order valence-electron chi connectivity index (χ3n) is 4.03. The average molecular weight is 337 g/mol. The molecule has 0 bridgehead atoms. The first-order chi connectivity index (χ1) is 10.4. The van der Waals surface area contributed by atoms with E-state index in [1.807, 2.05) is 5.38 Å². The van der Waals surface area contributed by atoms with Gasteiger partial charge in [-0.05, 0) is 30.2 Å². The molecule has 2 heterocycles. The van der Waals surface area contributed by atoms with Crippen LogP contribution in [0.2, 0.25) is 0 Å². The van der Waals surface area contributed by atoms with Crippen LogP contribution in [0.5, 0.6) is 0 Å². The minimum absolute atomic E-state index is 0.159. The highest BCUT2D eigenvalue weighted by molar-refractivity contribution is 7.16. The van der Waals surface area contributed by atoms with Gasteiger partial charge in [-0.15, -0.1) is 22.7 Å².